The molecule has 0 bridgehead atoms. The van der Waals surface area contributed by atoms with E-state index in [1.165, 1.54) is 10.9 Å². The van der Waals surface area contributed by atoms with Crippen molar-refractivity contribution < 1.29 is 9.21 Å². The molecule has 0 saturated carbocycles. The molecule has 4 heterocycles. The van der Waals surface area contributed by atoms with E-state index in [0.29, 0.717) is 28.5 Å². The summed E-state index contributed by atoms with van der Waals surface area (Å²) in [5.41, 5.74) is 0.384. The van der Waals surface area contributed by atoms with Crippen LogP contribution >= 0.6 is 0 Å². The summed E-state index contributed by atoms with van der Waals surface area (Å²) in [6, 6.07) is 0. The Morgan fingerprint density at radius 2 is 1.96 bits per heavy atom. The molecule has 2 saturated heterocycles. The first-order valence-corrected chi connectivity index (χ1v) is 8.51. The van der Waals surface area contributed by atoms with Crippen LogP contribution in [0.15, 0.2) is 15.5 Å². The zero-order valence-corrected chi connectivity index (χ0v) is 14.0. The van der Waals surface area contributed by atoms with Gasteiger partial charge in [-0.15, -0.1) is 0 Å². The number of likely N-dealkylation sites (tertiary alicyclic amines) is 1. The molecule has 0 unspecified atom stereocenters. The minimum atomic E-state index is -0.240. The number of furan rings is 1. The molecule has 2 fully saturated rings. The van der Waals surface area contributed by atoms with Gasteiger partial charge in [-0.2, -0.15) is 0 Å². The first kappa shape index (κ1) is 15.4. The van der Waals surface area contributed by atoms with Gasteiger partial charge in [0.15, 0.2) is 0 Å². The van der Waals surface area contributed by atoms with Crippen LogP contribution in [-0.4, -0.2) is 46.5 Å². The number of hydrogen-bond donors (Lipinski definition) is 1. The molecule has 2 aromatic rings. The van der Waals surface area contributed by atoms with Crippen molar-refractivity contribution in [2.24, 2.45) is 18.9 Å². The van der Waals surface area contributed by atoms with Gasteiger partial charge in [0.05, 0.1) is 5.56 Å². The molecule has 0 aliphatic carbocycles. The van der Waals surface area contributed by atoms with Crippen molar-refractivity contribution in [2.45, 2.75) is 19.8 Å². The van der Waals surface area contributed by atoms with Crippen LogP contribution < -0.4 is 10.9 Å². The molecular formula is C17H22N4O3. The maximum Gasteiger partial charge on any atom is 0.265 e. The molecule has 7 nitrogen and oxygen atoms in total. The smallest absolute Gasteiger partial charge is 0.265 e. The number of aryl methyl sites for hydroxylation is 2. The van der Waals surface area contributed by atoms with E-state index in [-0.39, 0.29) is 17.2 Å². The second-order valence-corrected chi connectivity index (χ2v) is 6.92. The number of hydrogen-bond acceptors (Lipinski definition) is 5. The van der Waals surface area contributed by atoms with Gasteiger partial charge in [-0.25, -0.2) is 4.98 Å². The highest BCUT2D eigenvalue weighted by Gasteiger charge is 2.33. The molecule has 128 valence electrons. The van der Waals surface area contributed by atoms with Gasteiger partial charge in [-0.05, 0) is 44.7 Å². The Balaban J connectivity index is 1.70. The molecule has 24 heavy (non-hydrogen) atoms. The first-order chi connectivity index (χ1) is 11.6. The Kier molecular flexibility index (Phi) is 3.68. The summed E-state index contributed by atoms with van der Waals surface area (Å²) in [4.78, 5) is 31.6. The summed E-state index contributed by atoms with van der Waals surface area (Å²) >= 11 is 0. The standard InChI is InChI=1S/C17H22N4O3/c1-10-13(14-15(24-10)19-9-20(2)16(14)22)17(23)21-5-3-11-7-18-8-12(11)4-6-21/h9,11-12,18H,3-8H2,1-2H3/t11-,12+. The van der Waals surface area contributed by atoms with Gasteiger partial charge in [0, 0.05) is 20.1 Å². The third kappa shape index (κ3) is 2.34. The van der Waals surface area contributed by atoms with E-state index in [4.69, 9.17) is 4.42 Å². The van der Waals surface area contributed by atoms with Crippen molar-refractivity contribution in [2.75, 3.05) is 26.2 Å². The monoisotopic (exact) mass is 330 g/mol. The Morgan fingerprint density at radius 3 is 2.62 bits per heavy atom. The maximum absolute atomic E-state index is 13.1. The molecular weight excluding hydrogens is 308 g/mol. The van der Waals surface area contributed by atoms with Gasteiger partial charge in [0.1, 0.15) is 17.5 Å². The van der Waals surface area contributed by atoms with Crippen LogP contribution in [0.25, 0.3) is 11.1 Å². The molecule has 2 aliphatic heterocycles. The topological polar surface area (TPSA) is 80.4 Å². The summed E-state index contributed by atoms with van der Waals surface area (Å²) in [6.45, 7) is 5.28. The van der Waals surface area contributed by atoms with E-state index in [9.17, 15) is 9.59 Å². The highest BCUT2D eigenvalue weighted by atomic mass is 16.3. The van der Waals surface area contributed by atoms with Gasteiger partial charge in [0.25, 0.3) is 11.5 Å². The Morgan fingerprint density at radius 1 is 1.29 bits per heavy atom. The molecule has 2 atom stereocenters. The fourth-order valence-corrected chi connectivity index (χ4v) is 4.02. The lowest BCUT2D eigenvalue weighted by Gasteiger charge is -2.20. The second-order valence-electron chi connectivity index (χ2n) is 6.92. The van der Waals surface area contributed by atoms with Gasteiger partial charge >= 0.3 is 0 Å². The van der Waals surface area contributed by atoms with Gasteiger partial charge in [0.2, 0.25) is 5.71 Å². The summed E-state index contributed by atoms with van der Waals surface area (Å²) in [5.74, 6) is 1.67. The number of nitrogens with zero attached hydrogens (tertiary/aromatic N) is 3. The number of carbonyl (C=O) groups is 1. The van der Waals surface area contributed by atoms with E-state index in [1.807, 2.05) is 4.90 Å². The number of nitrogens with one attached hydrogen (secondary N) is 1. The molecule has 0 radical (unpaired) electrons. The summed E-state index contributed by atoms with van der Waals surface area (Å²) in [5, 5.41) is 3.74. The Hall–Kier alpha value is -2.15. The van der Waals surface area contributed by atoms with Crippen LogP contribution in [0.2, 0.25) is 0 Å². The van der Waals surface area contributed by atoms with Gasteiger partial charge < -0.3 is 19.2 Å². The SMILES string of the molecule is Cc1oc2ncn(C)c(=O)c2c1C(=O)N1CC[C@@H]2CNC[C@@H]2CC1. The number of carbonyl (C=O) groups excluding carboxylic acids is 1. The first-order valence-electron chi connectivity index (χ1n) is 8.51. The zero-order valence-electron chi connectivity index (χ0n) is 14.0. The predicted molar refractivity (Wildman–Crippen MR) is 89.0 cm³/mol. The molecule has 0 aromatic carbocycles. The van der Waals surface area contributed by atoms with Gasteiger partial charge in [-0.1, -0.05) is 0 Å². The third-order valence-electron chi connectivity index (χ3n) is 5.47. The van der Waals surface area contributed by atoms with Crippen LogP contribution in [0.3, 0.4) is 0 Å². The predicted octanol–water partition coefficient (Wildman–Crippen LogP) is 0.907. The quantitative estimate of drug-likeness (QED) is 0.840. The number of aromatic nitrogens is 2. The zero-order chi connectivity index (χ0) is 16.8. The van der Waals surface area contributed by atoms with Crippen LogP contribution in [0.5, 0.6) is 0 Å². The van der Waals surface area contributed by atoms with E-state index in [1.54, 1.807) is 14.0 Å². The second kappa shape index (κ2) is 5.73. The molecule has 4 rings (SSSR count). The summed E-state index contributed by atoms with van der Waals surface area (Å²) in [7, 11) is 1.63. The van der Waals surface area contributed by atoms with Crippen molar-refractivity contribution in [1.29, 1.82) is 0 Å². The molecule has 2 aliphatic rings. The van der Waals surface area contributed by atoms with Crippen LogP contribution in [0.1, 0.15) is 29.0 Å². The highest BCUT2D eigenvalue weighted by Crippen LogP contribution is 2.29. The lowest BCUT2D eigenvalue weighted by Crippen LogP contribution is -2.33. The van der Waals surface area contributed by atoms with E-state index >= 15 is 0 Å². The average Bonchev–Trinajstić information content (AvgIpc) is 3.09. The third-order valence-corrected chi connectivity index (χ3v) is 5.47. The maximum atomic E-state index is 13.1. The number of rotatable bonds is 1. The van der Waals surface area contributed by atoms with Crippen molar-refractivity contribution in [3.63, 3.8) is 0 Å². The fraction of sp³-hybridized carbons (Fsp3) is 0.588. The number of fused-ring (bicyclic) bond motifs is 2. The molecule has 1 amide bonds. The summed E-state index contributed by atoms with van der Waals surface area (Å²) in [6.07, 6.45) is 3.44. The summed E-state index contributed by atoms with van der Waals surface area (Å²) < 4.78 is 6.95. The molecule has 1 N–H and O–H groups in total. The largest absolute Gasteiger partial charge is 0.442 e. The van der Waals surface area contributed by atoms with Crippen molar-refractivity contribution in [3.8, 4) is 0 Å². The van der Waals surface area contributed by atoms with Crippen LogP contribution in [0, 0.1) is 18.8 Å². The highest BCUT2D eigenvalue weighted by molar-refractivity contribution is 6.06. The van der Waals surface area contributed by atoms with Crippen molar-refractivity contribution >= 4 is 17.0 Å². The van der Waals surface area contributed by atoms with Gasteiger partial charge in [-0.3, -0.25) is 9.59 Å². The van der Waals surface area contributed by atoms with Crippen molar-refractivity contribution in [1.82, 2.24) is 19.8 Å². The molecule has 7 heteroatoms. The normalized spacial score (nSPS) is 24.2. The lowest BCUT2D eigenvalue weighted by molar-refractivity contribution is 0.0758. The number of amides is 1. The van der Waals surface area contributed by atoms with Crippen molar-refractivity contribution in [3.05, 3.63) is 28.0 Å². The Bertz CT molecular complexity index is 839. The lowest BCUT2D eigenvalue weighted by atomic mass is 9.92. The minimum absolute atomic E-state index is 0.107. The van der Waals surface area contributed by atoms with E-state index in [0.717, 1.165) is 39.0 Å². The average molecular weight is 330 g/mol. The molecule has 2 aromatic heterocycles. The Labute approximate surface area is 139 Å². The van der Waals surface area contributed by atoms with E-state index in [2.05, 4.69) is 10.3 Å². The minimum Gasteiger partial charge on any atom is -0.442 e. The van der Waals surface area contributed by atoms with E-state index < -0.39 is 0 Å². The van der Waals surface area contributed by atoms with Crippen LogP contribution in [0.4, 0.5) is 0 Å². The van der Waals surface area contributed by atoms with Crippen LogP contribution in [-0.2, 0) is 7.05 Å². The fourth-order valence-electron chi connectivity index (χ4n) is 4.02. The molecule has 0 spiro atoms.